The molecule has 25 heavy (non-hydrogen) atoms. The minimum atomic E-state index is -0.358. The number of urea groups is 1. The third kappa shape index (κ3) is 4.70. The number of phenolic OH excluding ortho intramolecular Hbond substituents is 1. The summed E-state index contributed by atoms with van der Waals surface area (Å²) in [6.45, 7) is 1.40. The summed E-state index contributed by atoms with van der Waals surface area (Å²) in [6, 6.07) is 12.2. The molecular weight excluding hydrogens is 323 g/mol. The number of benzene rings is 2. The van der Waals surface area contributed by atoms with Crippen LogP contribution in [0.25, 0.3) is 0 Å². The lowest BCUT2D eigenvalue weighted by atomic mass is 10.1. The number of halogens is 1. The largest absolute Gasteiger partial charge is 0.508 e. The van der Waals surface area contributed by atoms with Gasteiger partial charge in [0.15, 0.2) is 0 Å². The number of rotatable bonds is 5. The van der Waals surface area contributed by atoms with Gasteiger partial charge in [-0.25, -0.2) is 9.18 Å². The monoisotopic (exact) mass is 344 g/mol. The number of hydrogen-bond donors (Lipinski definition) is 2. The summed E-state index contributed by atoms with van der Waals surface area (Å²) in [5.41, 5.74) is 1.18. The van der Waals surface area contributed by atoms with Gasteiger partial charge in [-0.2, -0.15) is 0 Å². The van der Waals surface area contributed by atoms with Gasteiger partial charge in [-0.3, -0.25) is 0 Å². The van der Waals surface area contributed by atoms with E-state index in [-0.39, 0.29) is 30.2 Å². The lowest BCUT2D eigenvalue weighted by molar-refractivity contribution is 0.0817. The molecule has 1 fully saturated rings. The van der Waals surface area contributed by atoms with Gasteiger partial charge in [0.25, 0.3) is 0 Å². The summed E-state index contributed by atoms with van der Waals surface area (Å²) in [5.74, 6) is -0.210. The van der Waals surface area contributed by atoms with E-state index >= 15 is 0 Å². The van der Waals surface area contributed by atoms with Crippen LogP contribution in [0.1, 0.15) is 18.4 Å². The average molecular weight is 344 g/mol. The zero-order valence-corrected chi connectivity index (χ0v) is 13.8. The van der Waals surface area contributed by atoms with Gasteiger partial charge < -0.3 is 20.1 Å². The predicted octanol–water partition coefficient (Wildman–Crippen LogP) is 3.74. The van der Waals surface area contributed by atoms with Crippen molar-refractivity contribution in [2.24, 2.45) is 0 Å². The zero-order chi connectivity index (χ0) is 17.6. The second-order valence-corrected chi connectivity index (χ2v) is 6.08. The molecule has 2 N–H and O–H groups in total. The second kappa shape index (κ2) is 7.98. The van der Waals surface area contributed by atoms with E-state index in [1.54, 1.807) is 23.1 Å². The highest BCUT2D eigenvalue weighted by Crippen LogP contribution is 2.21. The number of ether oxygens (including phenoxy) is 1. The highest BCUT2D eigenvalue weighted by molar-refractivity contribution is 5.89. The van der Waals surface area contributed by atoms with Gasteiger partial charge >= 0.3 is 6.03 Å². The minimum absolute atomic E-state index is 0.00942. The lowest BCUT2D eigenvalue weighted by Crippen LogP contribution is -2.39. The Bertz CT molecular complexity index is 715. The first kappa shape index (κ1) is 17.2. The fraction of sp³-hybridized carbons (Fsp3) is 0.316. The van der Waals surface area contributed by atoms with Crippen LogP contribution in [0, 0.1) is 5.82 Å². The Balaban J connectivity index is 1.73. The van der Waals surface area contributed by atoms with Crippen LogP contribution in [0.15, 0.2) is 48.5 Å². The molecule has 0 spiro atoms. The van der Waals surface area contributed by atoms with E-state index in [1.165, 1.54) is 24.3 Å². The van der Waals surface area contributed by atoms with Crippen molar-refractivity contribution in [1.82, 2.24) is 4.90 Å². The van der Waals surface area contributed by atoms with Gasteiger partial charge in [-0.05, 0) is 43.2 Å². The standard InChI is InChI=1S/C19H21FN2O3/c20-15-7-9-16(10-8-15)21-19(24)22(13-17-5-3-11-25-17)12-14-4-1-2-6-18(14)23/h1-2,4,6-10,17,23H,3,5,11-13H2,(H,21,24)/t17-/m0/s1. The molecule has 5 nitrogen and oxygen atoms in total. The number of anilines is 1. The first-order valence-corrected chi connectivity index (χ1v) is 8.32. The van der Waals surface area contributed by atoms with Crippen molar-refractivity contribution >= 4 is 11.7 Å². The van der Waals surface area contributed by atoms with E-state index in [1.807, 2.05) is 6.07 Å². The van der Waals surface area contributed by atoms with Crippen LogP contribution < -0.4 is 5.32 Å². The predicted molar refractivity (Wildman–Crippen MR) is 92.9 cm³/mol. The Morgan fingerprint density at radius 3 is 2.68 bits per heavy atom. The summed E-state index contributed by atoms with van der Waals surface area (Å²) >= 11 is 0. The van der Waals surface area contributed by atoms with Crippen LogP contribution in [-0.2, 0) is 11.3 Å². The van der Waals surface area contributed by atoms with E-state index in [2.05, 4.69) is 5.32 Å². The maximum Gasteiger partial charge on any atom is 0.322 e. The molecule has 1 heterocycles. The molecule has 0 aliphatic carbocycles. The molecule has 0 bridgehead atoms. The minimum Gasteiger partial charge on any atom is -0.508 e. The van der Waals surface area contributed by atoms with Gasteiger partial charge in [0.2, 0.25) is 0 Å². The van der Waals surface area contributed by atoms with E-state index in [0.717, 1.165) is 12.8 Å². The van der Waals surface area contributed by atoms with Crippen molar-refractivity contribution in [3.63, 3.8) is 0 Å². The Morgan fingerprint density at radius 1 is 1.24 bits per heavy atom. The molecule has 0 unspecified atom stereocenters. The zero-order valence-electron chi connectivity index (χ0n) is 13.8. The maximum atomic E-state index is 13.0. The van der Waals surface area contributed by atoms with Gasteiger partial charge in [-0.1, -0.05) is 18.2 Å². The fourth-order valence-corrected chi connectivity index (χ4v) is 2.84. The molecule has 2 aromatic rings. The Labute approximate surface area is 146 Å². The molecular formula is C19H21FN2O3. The second-order valence-electron chi connectivity index (χ2n) is 6.08. The number of hydrogen-bond acceptors (Lipinski definition) is 3. The Hall–Kier alpha value is -2.60. The third-order valence-electron chi connectivity index (χ3n) is 4.18. The van der Waals surface area contributed by atoms with Gasteiger partial charge in [0, 0.05) is 24.4 Å². The van der Waals surface area contributed by atoms with Crippen molar-refractivity contribution in [3.05, 3.63) is 59.9 Å². The van der Waals surface area contributed by atoms with Crippen LogP contribution in [0.4, 0.5) is 14.9 Å². The quantitative estimate of drug-likeness (QED) is 0.868. The van der Waals surface area contributed by atoms with Crippen molar-refractivity contribution in [2.75, 3.05) is 18.5 Å². The van der Waals surface area contributed by atoms with Crippen LogP contribution in [0.3, 0.4) is 0 Å². The molecule has 3 rings (SSSR count). The average Bonchev–Trinajstić information content (AvgIpc) is 3.11. The lowest BCUT2D eigenvalue weighted by Gasteiger charge is -2.26. The van der Waals surface area contributed by atoms with Crippen LogP contribution >= 0.6 is 0 Å². The van der Waals surface area contributed by atoms with Gasteiger partial charge in [0.1, 0.15) is 11.6 Å². The molecule has 1 saturated heterocycles. The van der Waals surface area contributed by atoms with E-state index in [4.69, 9.17) is 4.74 Å². The first-order chi connectivity index (χ1) is 12.1. The topological polar surface area (TPSA) is 61.8 Å². The number of amides is 2. The number of para-hydroxylation sites is 1. The molecule has 0 saturated carbocycles. The van der Waals surface area contributed by atoms with Crippen LogP contribution in [0.5, 0.6) is 5.75 Å². The van der Waals surface area contributed by atoms with Crippen LogP contribution in [-0.4, -0.2) is 35.3 Å². The fourth-order valence-electron chi connectivity index (χ4n) is 2.84. The number of carbonyl (C=O) groups excluding carboxylic acids is 1. The SMILES string of the molecule is O=C(Nc1ccc(F)cc1)N(Cc1ccccc1O)C[C@@H]1CCCO1. The number of phenols is 1. The highest BCUT2D eigenvalue weighted by Gasteiger charge is 2.23. The molecule has 0 radical (unpaired) electrons. The molecule has 1 aliphatic rings. The van der Waals surface area contributed by atoms with Crippen molar-refractivity contribution in [1.29, 1.82) is 0 Å². The van der Waals surface area contributed by atoms with Crippen LogP contribution in [0.2, 0.25) is 0 Å². The summed E-state index contributed by atoms with van der Waals surface area (Å²) < 4.78 is 18.7. The van der Waals surface area contributed by atoms with E-state index in [9.17, 15) is 14.3 Å². The van der Waals surface area contributed by atoms with Crippen molar-refractivity contribution in [2.45, 2.75) is 25.5 Å². The highest BCUT2D eigenvalue weighted by atomic mass is 19.1. The van der Waals surface area contributed by atoms with E-state index in [0.29, 0.717) is 24.4 Å². The van der Waals surface area contributed by atoms with Gasteiger partial charge in [0.05, 0.1) is 12.6 Å². The van der Waals surface area contributed by atoms with Crippen molar-refractivity contribution < 1.29 is 19.0 Å². The number of nitrogens with zero attached hydrogens (tertiary/aromatic N) is 1. The molecule has 132 valence electrons. The number of nitrogens with one attached hydrogen (secondary N) is 1. The summed E-state index contributed by atoms with van der Waals surface area (Å²) in [5, 5.41) is 12.8. The smallest absolute Gasteiger partial charge is 0.322 e. The molecule has 1 aliphatic heterocycles. The molecule has 0 aromatic heterocycles. The third-order valence-corrected chi connectivity index (χ3v) is 4.18. The number of aromatic hydroxyl groups is 1. The normalized spacial score (nSPS) is 16.6. The summed E-state index contributed by atoms with van der Waals surface area (Å²) in [7, 11) is 0. The Kier molecular flexibility index (Phi) is 5.50. The number of carbonyl (C=O) groups is 1. The Morgan fingerprint density at radius 2 is 2.00 bits per heavy atom. The van der Waals surface area contributed by atoms with Crippen molar-refractivity contribution in [3.8, 4) is 5.75 Å². The maximum absolute atomic E-state index is 13.0. The molecule has 2 amide bonds. The summed E-state index contributed by atoms with van der Waals surface area (Å²) in [4.78, 5) is 14.3. The van der Waals surface area contributed by atoms with E-state index < -0.39 is 0 Å². The first-order valence-electron chi connectivity index (χ1n) is 8.32. The summed E-state index contributed by atoms with van der Waals surface area (Å²) in [6.07, 6.45) is 1.88. The molecule has 6 heteroatoms. The molecule has 2 aromatic carbocycles. The van der Waals surface area contributed by atoms with Gasteiger partial charge in [-0.15, -0.1) is 0 Å². The molecule has 1 atom stereocenters.